The number of rotatable bonds is 5. The highest BCUT2D eigenvalue weighted by Crippen LogP contribution is 2.21. The Morgan fingerprint density at radius 2 is 2.23 bits per heavy atom. The van der Waals surface area contributed by atoms with Gasteiger partial charge in [0.15, 0.2) is 0 Å². The maximum absolute atomic E-state index is 7.30. The number of pyridine rings is 1. The van der Waals surface area contributed by atoms with E-state index in [4.69, 9.17) is 15.9 Å². The van der Waals surface area contributed by atoms with Crippen LogP contribution in [0.15, 0.2) is 30.3 Å². The van der Waals surface area contributed by atoms with E-state index in [9.17, 15) is 0 Å². The number of nitrogens with zero attached hydrogens (tertiary/aromatic N) is 1. The van der Waals surface area contributed by atoms with E-state index in [1.54, 1.807) is 12.1 Å². The van der Waals surface area contributed by atoms with Gasteiger partial charge in [-0.3, -0.25) is 0 Å². The highest BCUT2D eigenvalue weighted by Gasteiger charge is 2.10. The lowest BCUT2D eigenvalue weighted by molar-refractivity contribution is 0.320. The minimum Gasteiger partial charge on any atom is -0.493 e. The molecule has 0 atom stereocenters. The van der Waals surface area contributed by atoms with Crippen LogP contribution in [0.25, 0.3) is 0 Å². The molecule has 5 nitrogen and oxygen atoms in total. The Labute approximate surface area is 130 Å². The Morgan fingerprint density at radius 1 is 1.32 bits per heavy atom. The van der Waals surface area contributed by atoms with Crippen LogP contribution in [0, 0.1) is 5.41 Å². The summed E-state index contributed by atoms with van der Waals surface area (Å²) in [6, 6.07) is 9.59. The lowest BCUT2D eigenvalue weighted by Crippen LogP contribution is -2.14. The maximum Gasteiger partial charge on any atom is 0.129 e. The average Bonchev–Trinajstić information content (AvgIpc) is 2.56. The summed E-state index contributed by atoms with van der Waals surface area (Å²) < 4.78 is 5.73. The minimum atomic E-state index is 0.549. The molecule has 0 amide bonds. The molecule has 3 rings (SSSR count). The molecule has 2 heterocycles. The fraction of sp³-hybridized carbons (Fsp3) is 0.294. The molecule has 5 heteroatoms. The first kappa shape index (κ1) is 14.4. The Kier molecular flexibility index (Phi) is 4.23. The van der Waals surface area contributed by atoms with Crippen molar-refractivity contribution in [1.29, 1.82) is 5.41 Å². The van der Waals surface area contributed by atoms with Crippen LogP contribution in [0.5, 0.6) is 5.75 Å². The summed E-state index contributed by atoms with van der Waals surface area (Å²) >= 11 is 0. The third kappa shape index (κ3) is 3.19. The first-order valence-corrected chi connectivity index (χ1v) is 7.52. The van der Waals surface area contributed by atoms with E-state index in [-0.39, 0.29) is 0 Å². The van der Waals surface area contributed by atoms with Gasteiger partial charge in [0.05, 0.1) is 6.61 Å². The molecule has 22 heavy (non-hydrogen) atoms. The van der Waals surface area contributed by atoms with Crippen molar-refractivity contribution in [2.75, 3.05) is 24.2 Å². The van der Waals surface area contributed by atoms with E-state index in [2.05, 4.69) is 22.4 Å². The third-order valence-electron chi connectivity index (χ3n) is 3.79. The lowest BCUT2D eigenvalue weighted by atomic mass is 10.1. The molecule has 0 unspecified atom stereocenters. The summed E-state index contributed by atoms with van der Waals surface area (Å²) in [7, 11) is 0. The fourth-order valence-electron chi connectivity index (χ4n) is 2.55. The summed E-state index contributed by atoms with van der Waals surface area (Å²) in [6.07, 6.45) is 4.26. The van der Waals surface area contributed by atoms with Crippen molar-refractivity contribution in [2.45, 2.75) is 19.3 Å². The number of aryl methyl sites for hydroxylation is 1. The smallest absolute Gasteiger partial charge is 0.129 e. The monoisotopic (exact) mass is 296 g/mol. The SMILES string of the molecule is N=Cc1cc(OCCc2ccc3c(n2)NCCC3)ccc1N. The second-order valence-electron chi connectivity index (χ2n) is 5.37. The predicted octanol–water partition coefficient (Wildman–Crippen LogP) is 2.64. The van der Waals surface area contributed by atoms with Crippen molar-refractivity contribution in [3.05, 3.63) is 47.2 Å². The predicted molar refractivity (Wildman–Crippen MR) is 89.0 cm³/mol. The number of fused-ring (bicyclic) bond motifs is 1. The molecule has 4 N–H and O–H groups in total. The van der Waals surface area contributed by atoms with Gasteiger partial charge in [0, 0.05) is 36.1 Å². The fourth-order valence-corrected chi connectivity index (χ4v) is 2.55. The zero-order valence-electron chi connectivity index (χ0n) is 12.4. The van der Waals surface area contributed by atoms with Gasteiger partial charge in [0.25, 0.3) is 0 Å². The molecule has 2 aromatic rings. The van der Waals surface area contributed by atoms with Crippen molar-refractivity contribution in [2.24, 2.45) is 0 Å². The molecular formula is C17H20N4O. The van der Waals surface area contributed by atoms with Crippen LogP contribution in [0.2, 0.25) is 0 Å². The quantitative estimate of drug-likeness (QED) is 0.585. The van der Waals surface area contributed by atoms with E-state index < -0.39 is 0 Å². The number of hydrogen-bond acceptors (Lipinski definition) is 5. The van der Waals surface area contributed by atoms with Gasteiger partial charge in [0.1, 0.15) is 11.6 Å². The number of aromatic nitrogens is 1. The Morgan fingerprint density at radius 3 is 3.09 bits per heavy atom. The molecule has 1 aromatic heterocycles. The lowest BCUT2D eigenvalue weighted by Gasteiger charge is -2.17. The number of anilines is 2. The van der Waals surface area contributed by atoms with E-state index in [0.717, 1.165) is 36.6 Å². The molecule has 1 aromatic carbocycles. The number of nitrogens with two attached hydrogens (primary N) is 1. The van der Waals surface area contributed by atoms with Crippen LogP contribution >= 0.6 is 0 Å². The number of ether oxygens (including phenoxy) is 1. The second kappa shape index (κ2) is 6.47. The molecule has 0 saturated heterocycles. The summed E-state index contributed by atoms with van der Waals surface area (Å²) in [5, 5.41) is 10.6. The summed E-state index contributed by atoms with van der Waals surface area (Å²) in [6.45, 7) is 1.55. The van der Waals surface area contributed by atoms with Gasteiger partial charge in [0.2, 0.25) is 0 Å². The van der Waals surface area contributed by atoms with E-state index in [1.807, 2.05) is 6.07 Å². The molecular weight excluding hydrogens is 276 g/mol. The van der Waals surface area contributed by atoms with Gasteiger partial charge in [-0.25, -0.2) is 4.98 Å². The van der Waals surface area contributed by atoms with Gasteiger partial charge < -0.3 is 21.2 Å². The van der Waals surface area contributed by atoms with E-state index in [0.29, 0.717) is 17.9 Å². The molecule has 0 fully saturated rings. The molecule has 0 aliphatic carbocycles. The largest absolute Gasteiger partial charge is 0.493 e. The van der Waals surface area contributed by atoms with Gasteiger partial charge in [-0.05, 0) is 42.7 Å². The van der Waals surface area contributed by atoms with Crippen LogP contribution in [-0.4, -0.2) is 24.4 Å². The van der Waals surface area contributed by atoms with Crippen molar-refractivity contribution in [3.8, 4) is 5.75 Å². The molecule has 1 aliphatic heterocycles. The topological polar surface area (TPSA) is 84.0 Å². The van der Waals surface area contributed by atoms with Crippen LogP contribution < -0.4 is 15.8 Å². The van der Waals surface area contributed by atoms with Gasteiger partial charge >= 0.3 is 0 Å². The zero-order valence-corrected chi connectivity index (χ0v) is 12.4. The molecule has 0 radical (unpaired) electrons. The van der Waals surface area contributed by atoms with E-state index in [1.165, 1.54) is 18.2 Å². The van der Waals surface area contributed by atoms with E-state index >= 15 is 0 Å². The van der Waals surface area contributed by atoms with Crippen molar-refractivity contribution < 1.29 is 4.74 Å². The maximum atomic E-state index is 7.30. The van der Waals surface area contributed by atoms with Crippen molar-refractivity contribution in [1.82, 2.24) is 4.98 Å². The zero-order chi connectivity index (χ0) is 15.4. The van der Waals surface area contributed by atoms with Gasteiger partial charge in [-0.2, -0.15) is 0 Å². The van der Waals surface area contributed by atoms with Gasteiger partial charge in [-0.1, -0.05) is 6.07 Å². The average molecular weight is 296 g/mol. The Bertz CT molecular complexity index is 684. The summed E-state index contributed by atoms with van der Waals surface area (Å²) in [5.74, 6) is 1.74. The molecule has 1 aliphatic rings. The van der Waals surface area contributed by atoms with Crippen LogP contribution in [0.1, 0.15) is 23.2 Å². The number of hydrogen-bond donors (Lipinski definition) is 3. The first-order chi connectivity index (χ1) is 10.8. The normalized spacial score (nSPS) is 13.1. The minimum absolute atomic E-state index is 0.549. The molecule has 0 bridgehead atoms. The number of nitrogen functional groups attached to an aromatic ring is 1. The number of benzene rings is 1. The molecule has 0 spiro atoms. The third-order valence-corrected chi connectivity index (χ3v) is 3.79. The van der Waals surface area contributed by atoms with Crippen LogP contribution in [0.4, 0.5) is 11.5 Å². The van der Waals surface area contributed by atoms with Gasteiger partial charge in [-0.15, -0.1) is 0 Å². The van der Waals surface area contributed by atoms with Crippen molar-refractivity contribution >= 4 is 17.7 Å². The first-order valence-electron chi connectivity index (χ1n) is 7.52. The standard InChI is InChI=1S/C17H20N4O/c18-11-13-10-15(5-6-16(13)19)22-9-7-14-4-3-12-2-1-8-20-17(12)21-14/h3-6,10-11,18H,1-2,7-9,19H2,(H,20,21). The van der Waals surface area contributed by atoms with Crippen LogP contribution in [0.3, 0.4) is 0 Å². The highest BCUT2D eigenvalue weighted by atomic mass is 16.5. The molecule has 0 saturated carbocycles. The Balaban J connectivity index is 1.60. The Hall–Kier alpha value is -2.56. The van der Waals surface area contributed by atoms with Crippen molar-refractivity contribution in [3.63, 3.8) is 0 Å². The summed E-state index contributed by atoms with van der Waals surface area (Å²) in [5.41, 5.74) is 9.34. The number of nitrogens with one attached hydrogen (secondary N) is 2. The van der Waals surface area contributed by atoms with Crippen LogP contribution in [-0.2, 0) is 12.8 Å². The highest BCUT2D eigenvalue weighted by molar-refractivity contribution is 5.85. The molecule has 114 valence electrons. The second-order valence-corrected chi connectivity index (χ2v) is 5.37. The summed E-state index contributed by atoms with van der Waals surface area (Å²) in [4.78, 5) is 4.65.